The molecule has 82 heavy (non-hydrogen) atoms. The molecule has 6 heterocycles. The van der Waals surface area contributed by atoms with Crippen LogP contribution in [0.1, 0.15) is 141 Å². The Balaban J connectivity index is 1.07. The van der Waals surface area contributed by atoms with Crippen molar-refractivity contribution >= 4 is 106 Å². The molecule has 0 spiro atoms. The quantitative estimate of drug-likeness (QED) is 0.0240. The fraction of sp³-hybridized carbons (Fsp3) is 0.897. The summed E-state index contributed by atoms with van der Waals surface area (Å²) in [6.07, 6.45) is 16.8. The molecule has 7 aliphatic rings. The van der Waals surface area contributed by atoms with Gasteiger partial charge in [0.2, 0.25) is 0 Å². The Kier molecular flexibility index (Phi) is 33.5. The third-order valence-electron chi connectivity index (χ3n) is 14.4. The van der Waals surface area contributed by atoms with Crippen molar-refractivity contribution in [3.63, 3.8) is 0 Å². The summed E-state index contributed by atoms with van der Waals surface area (Å²) < 4.78 is 64.6. The maximum Gasteiger partial charge on any atom is 0.305 e. The highest BCUT2D eigenvalue weighted by Gasteiger charge is 2.32. The molecule has 6 saturated heterocycles. The molecule has 0 amide bonds. The standard InChI is InChI=1S/C58H92O18S6/c59-53(71-35-41-29-65-41)12-4-18-77-47-10-2-1-3-11-48(78-19-5-13-54(60)72-36-42-30-66-42)25-50(80-21-7-15-56(62)74-38-44-32-68-44)27-52(82-23-9-17-58(64)76-40-46-34-70-46)28-51(81-22-8-16-57(63)75-39-45-33-69-45)26-49(24-47)79-20-6-14-55(61)73-37-43-31-67-43/h41-52H,1-40H2. The molecule has 12 unspecified atom stereocenters. The van der Waals surface area contributed by atoms with E-state index in [1.54, 1.807) is 0 Å². The number of carbonyl (C=O) groups is 6. The average Bonchev–Trinajstić information content (AvgIpc) is 4.26. The Hall–Kier alpha value is -1.32. The lowest BCUT2D eigenvalue weighted by Gasteiger charge is -2.32. The van der Waals surface area contributed by atoms with Crippen LogP contribution in [-0.4, -0.2) is 218 Å². The molecule has 0 radical (unpaired) electrons. The smallest absolute Gasteiger partial charge is 0.305 e. The van der Waals surface area contributed by atoms with Crippen molar-refractivity contribution < 1.29 is 85.6 Å². The minimum atomic E-state index is -0.200. The SMILES string of the molecule is O=C(CCCSC1CCCCCC(SCCCC(=O)OCC2CO2)CC(SCCCC(=O)OCC2CO2)CC(SCCCC(=O)OCC2CO2)CC(SCCCC(=O)OCC2CO2)CC(SCCCC(=O)OCC2CO2)C1)OCC1CO1. The Morgan fingerprint density at radius 2 is 0.463 bits per heavy atom. The van der Waals surface area contributed by atoms with Crippen molar-refractivity contribution in [3.05, 3.63) is 0 Å². The van der Waals surface area contributed by atoms with E-state index in [0.717, 1.165) is 112 Å². The fourth-order valence-corrected chi connectivity index (χ4v) is 18.0. The number of carbonyl (C=O) groups excluding carboxylic acids is 6. The van der Waals surface area contributed by atoms with Crippen LogP contribution in [0.25, 0.3) is 0 Å². The molecule has 0 bridgehead atoms. The van der Waals surface area contributed by atoms with E-state index in [4.69, 9.17) is 56.8 Å². The van der Waals surface area contributed by atoms with E-state index in [0.29, 0.717) is 154 Å². The summed E-state index contributed by atoms with van der Waals surface area (Å²) in [5.74, 6) is 3.80. The molecule has 12 atom stereocenters. The van der Waals surface area contributed by atoms with Crippen molar-refractivity contribution in [1.82, 2.24) is 0 Å². The van der Waals surface area contributed by atoms with Crippen molar-refractivity contribution in [3.8, 4) is 0 Å². The van der Waals surface area contributed by atoms with Crippen LogP contribution in [0.5, 0.6) is 0 Å². The fourth-order valence-electron chi connectivity index (χ4n) is 9.19. The summed E-state index contributed by atoms with van der Waals surface area (Å²) in [4.78, 5) is 76.6. The molecule has 468 valence electrons. The average molecular weight is 1270 g/mol. The number of esters is 6. The summed E-state index contributed by atoms with van der Waals surface area (Å²) in [7, 11) is 0. The van der Waals surface area contributed by atoms with E-state index in [9.17, 15) is 28.8 Å². The molecule has 1 saturated carbocycles. The van der Waals surface area contributed by atoms with Crippen LogP contribution in [-0.2, 0) is 85.6 Å². The van der Waals surface area contributed by atoms with Gasteiger partial charge in [-0.1, -0.05) is 19.3 Å². The summed E-state index contributed by atoms with van der Waals surface area (Å²) >= 11 is 11.8. The summed E-state index contributed by atoms with van der Waals surface area (Å²) in [6, 6.07) is 0. The second kappa shape index (κ2) is 40.3. The van der Waals surface area contributed by atoms with Gasteiger partial charge in [0.05, 0.1) is 39.6 Å². The zero-order chi connectivity index (χ0) is 57.4. The highest BCUT2D eigenvalue weighted by molar-refractivity contribution is 8.02. The number of rotatable bonds is 42. The first-order valence-corrected chi connectivity index (χ1v) is 36.7. The van der Waals surface area contributed by atoms with Gasteiger partial charge >= 0.3 is 35.8 Å². The summed E-state index contributed by atoms with van der Waals surface area (Å²) in [5, 5.41) is 1.81. The molecular weight excluding hydrogens is 1180 g/mol. The van der Waals surface area contributed by atoms with Gasteiger partial charge in [0, 0.05) is 70.0 Å². The molecule has 18 nitrogen and oxygen atoms in total. The lowest BCUT2D eigenvalue weighted by Crippen LogP contribution is -2.26. The first-order chi connectivity index (χ1) is 40.1. The van der Waals surface area contributed by atoms with E-state index in [1.807, 2.05) is 70.6 Å². The second-order valence-electron chi connectivity index (χ2n) is 22.2. The Labute approximate surface area is 512 Å². The second-order valence-corrected chi connectivity index (χ2v) is 30.7. The monoisotopic (exact) mass is 1270 g/mol. The maximum absolute atomic E-state index is 12.9. The molecule has 24 heteroatoms. The predicted molar refractivity (Wildman–Crippen MR) is 323 cm³/mol. The van der Waals surface area contributed by atoms with Crippen LogP contribution in [0, 0.1) is 0 Å². The molecule has 0 aromatic carbocycles. The molecular formula is C58H92O18S6. The van der Waals surface area contributed by atoms with E-state index in [2.05, 4.69) is 0 Å². The highest BCUT2D eigenvalue weighted by atomic mass is 32.2. The minimum absolute atomic E-state index is 0.0145. The first kappa shape index (κ1) is 68.2. The van der Waals surface area contributed by atoms with Gasteiger partial charge in [-0.25, -0.2) is 0 Å². The normalized spacial score (nSPS) is 28.7. The predicted octanol–water partition coefficient (Wildman–Crippen LogP) is 8.85. The summed E-state index contributed by atoms with van der Waals surface area (Å²) in [6.45, 7) is 5.70. The Morgan fingerprint density at radius 3 is 0.659 bits per heavy atom. The zero-order valence-electron chi connectivity index (χ0n) is 48.0. The third-order valence-corrected chi connectivity index (χ3v) is 22.8. The first-order valence-electron chi connectivity index (χ1n) is 30.4. The van der Waals surface area contributed by atoms with Gasteiger partial charge < -0.3 is 56.8 Å². The van der Waals surface area contributed by atoms with Crippen LogP contribution in [0.15, 0.2) is 0 Å². The van der Waals surface area contributed by atoms with E-state index in [-0.39, 0.29) is 93.4 Å². The van der Waals surface area contributed by atoms with Crippen LogP contribution >= 0.6 is 70.6 Å². The van der Waals surface area contributed by atoms with Gasteiger partial charge in [0.1, 0.15) is 76.3 Å². The van der Waals surface area contributed by atoms with Crippen molar-refractivity contribution in [2.45, 2.75) is 209 Å². The lowest BCUT2D eigenvalue weighted by molar-refractivity contribution is -0.145. The molecule has 1 aliphatic carbocycles. The molecule has 0 N–H and O–H groups in total. The van der Waals surface area contributed by atoms with Gasteiger partial charge in [-0.3, -0.25) is 28.8 Å². The maximum atomic E-state index is 12.9. The van der Waals surface area contributed by atoms with Gasteiger partial charge in [0.25, 0.3) is 0 Å². The van der Waals surface area contributed by atoms with Crippen molar-refractivity contribution in [2.75, 3.05) is 114 Å². The van der Waals surface area contributed by atoms with Crippen LogP contribution in [0.3, 0.4) is 0 Å². The molecule has 7 fully saturated rings. The van der Waals surface area contributed by atoms with Gasteiger partial charge in [-0.2, -0.15) is 70.6 Å². The van der Waals surface area contributed by atoms with Crippen molar-refractivity contribution in [2.24, 2.45) is 0 Å². The molecule has 7 rings (SSSR count). The Bertz CT molecular complexity index is 1740. The van der Waals surface area contributed by atoms with E-state index in [1.165, 1.54) is 0 Å². The molecule has 6 aliphatic heterocycles. The van der Waals surface area contributed by atoms with E-state index >= 15 is 0 Å². The number of ether oxygens (including phenoxy) is 12. The van der Waals surface area contributed by atoms with Crippen LogP contribution in [0.4, 0.5) is 0 Å². The van der Waals surface area contributed by atoms with Gasteiger partial charge in [-0.05, 0) is 118 Å². The van der Waals surface area contributed by atoms with Crippen molar-refractivity contribution in [1.29, 1.82) is 0 Å². The third kappa shape index (κ3) is 34.9. The molecule has 0 aromatic rings. The summed E-state index contributed by atoms with van der Waals surface area (Å²) in [5.41, 5.74) is 0. The van der Waals surface area contributed by atoms with Gasteiger partial charge in [-0.15, -0.1) is 0 Å². The largest absolute Gasteiger partial charge is 0.463 e. The van der Waals surface area contributed by atoms with E-state index < -0.39 is 0 Å². The highest BCUT2D eigenvalue weighted by Crippen LogP contribution is 2.40. The molecule has 0 aromatic heterocycles. The van der Waals surface area contributed by atoms with Gasteiger partial charge in [0.15, 0.2) is 0 Å². The number of hydrogen-bond donors (Lipinski definition) is 0. The topological polar surface area (TPSA) is 233 Å². The Morgan fingerprint density at radius 1 is 0.280 bits per heavy atom. The minimum Gasteiger partial charge on any atom is -0.463 e. The zero-order valence-corrected chi connectivity index (χ0v) is 52.9. The number of hydrogen-bond acceptors (Lipinski definition) is 24. The number of thioether (sulfide) groups is 6. The number of epoxide rings is 6. The van der Waals surface area contributed by atoms with Crippen LogP contribution < -0.4 is 0 Å². The van der Waals surface area contributed by atoms with Crippen LogP contribution in [0.2, 0.25) is 0 Å². The lowest BCUT2D eigenvalue weighted by atomic mass is 9.99.